The summed E-state index contributed by atoms with van der Waals surface area (Å²) in [6, 6.07) is 4.08. The SMILES string of the molecule is COC(=O)c1cc(C#C[Si](C)(C)C)c(C2CCC2)cc1C. The van der Waals surface area contributed by atoms with Gasteiger partial charge in [-0.05, 0) is 42.9 Å². The fourth-order valence-electron chi connectivity index (χ4n) is 2.48. The standard InChI is InChI=1S/C18H24O2Si/c1-13-11-17(14-7-6-8-14)15(9-10-21(3,4)5)12-16(13)18(19)20-2/h11-12,14H,6-8H2,1-5H3. The van der Waals surface area contributed by atoms with Crippen LogP contribution in [0.1, 0.15) is 52.2 Å². The second kappa shape index (κ2) is 6.07. The van der Waals surface area contributed by atoms with Gasteiger partial charge in [0.15, 0.2) is 0 Å². The van der Waals surface area contributed by atoms with E-state index < -0.39 is 8.07 Å². The summed E-state index contributed by atoms with van der Waals surface area (Å²) in [5, 5.41) is 0. The molecule has 0 radical (unpaired) electrons. The van der Waals surface area contributed by atoms with Crippen molar-refractivity contribution in [2.24, 2.45) is 0 Å². The van der Waals surface area contributed by atoms with Crippen molar-refractivity contribution in [3.63, 3.8) is 0 Å². The van der Waals surface area contributed by atoms with Gasteiger partial charge in [-0.2, -0.15) is 0 Å². The number of hydrogen-bond donors (Lipinski definition) is 0. The maximum absolute atomic E-state index is 11.9. The molecule has 112 valence electrons. The minimum atomic E-state index is -1.43. The van der Waals surface area contributed by atoms with Crippen LogP contribution in [0, 0.1) is 18.4 Å². The minimum Gasteiger partial charge on any atom is -0.465 e. The van der Waals surface area contributed by atoms with Gasteiger partial charge in [0.05, 0.1) is 12.7 Å². The summed E-state index contributed by atoms with van der Waals surface area (Å²) in [5.74, 6) is 3.69. The first-order valence-corrected chi connectivity index (χ1v) is 11.1. The smallest absolute Gasteiger partial charge is 0.338 e. The van der Waals surface area contributed by atoms with Crippen LogP contribution in [0.25, 0.3) is 0 Å². The van der Waals surface area contributed by atoms with Crippen LogP contribution >= 0.6 is 0 Å². The summed E-state index contributed by atoms with van der Waals surface area (Å²) in [4.78, 5) is 11.9. The van der Waals surface area contributed by atoms with Crippen molar-refractivity contribution in [3.8, 4) is 11.5 Å². The molecule has 0 unspecified atom stereocenters. The number of benzene rings is 1. The maximum Gasteiger partial charge on any atom is 0.338 e. The molecule has 2 rings (SSSR count). The second-order valence-electron chi connectivity index (χ2n) is 6.87. The summed E-state index contributed by atoms with van der Waals surface area (Å²) < 4.78 is 4.88. The fourth-order valence-corrected chi connectivity index (χ4v) is 2.99. The van der Waals surface area contributed by atoms with Gasteiger partial charge in [-0.3, -0.25) is 0 Å². The molecule has 2 nitrogen and oxygen atoms in total. The van der Waals surface area contributed by atoms with E-state index in [9.17, 15) is 4.79 Å². The van der Waals surface area contributed by atoms with Gasteiger partial charge in [0, 0.05) is 5.56 Å². The monoisotopic (exact) mass is 300 g/mol. The Kier molecular flexibility index (Phi) is 4.58. The zero-order valence-corrected chi connectivity index (χ0v) is 14.7. The lowest BCUT2D eigenvalue weighted by molar-refractivity contribution is 0.0600. The molecule has 1 aromatic rings. The molecule has 1 fully saturated rings. The van der Waals surface area contributed by atoms with Crippen molar-refractivity contribution in [2.45, 2.75) is 51.7 Å². The highest BCUT2D eigenvalue weighted by Gasteiger charge is 2.24. The number of carbonyl (C=O) groups excluding carboxylic acids is 1. The Labute approximate surface area is 128 Å². The van der Waals surface area contributed by atoms with E-state index in [1.807, 2.05) is 13.0 Å². The second-order valence-corrected chi connectivity index (χ2v) is 11.6. The van der Waals surface area contributed by atoms with Gasteiger partial charge >= 0.3 is 5.97 Å². The topological polar surface area (TPSA) is 26.3 Å². The van der Waals surface area contributed by atoms with Gasteiger partial charge in [-0.25, -0.2) is 4.79 Å². The van der Waals surface area contributed by atoms with Crippen LogP contribution in [0.15, 0.2) is 12.1 Å². The summed E-state index contributed by atoms with van der Waals surface area (Å²) in [6.07, 6.45) is 3.76. The predicted molar refractivity (Wildman–Crippen MR) is 89.3 cm³/mol. The molecule has 0 saturated heterocycles. The molecular weight excluding hydrogens is 276 g/mol. The van der Waals surface area contributed by atoms with Crippen LogP contribution < -0.4 is 0 Å². The molecule has 21 heavy (non-hydrogen) atoms. The average Bonchev–Trinajstić information content (AvgIpc) is 2.33. The zero-order chi connectivity index (χ0) is 15.6. The maximum atomic E-state index is 11.9. The fraction of sp³-hybridized carbons (Fsp3) is 0.500. The molecule has 1 aliphatic carbocycles. The van der Waals surface area contributed by atoms with E-state index in [-0.39, 0.29) is 5.97 Å². The molecule has 3 heteroatoms. The molecule has 0 aliphatic heterocycles. The zero-order valence-electron chi connectivity index (χ0n) is 13.7. The van der Waals surface area contributed by atoms with Gasteiger partial charge in [0.2, 0.25) is 0 Å². The van der Waals surface area contributed by atoms with Gasteiger partial charge in [0.25, 0.3) is 0 Å². The van der Waals surface area contributed by atoms with E-state index in [1.165, 1.54) is 31.9 Å². The van der Waals surface area contributed by atoms with Crippen molar-refractivity contribution >= 4 is 14.0 Å². The van der Waals surface area contributed by atoms with Crippen molar-refractivity contribution < 1.29 is 9.53 Å². The van der Waals surface area contributed by atoms with E-state index in [0.717, 1.165) is 11.1 Å². The first kappa shape index (κ1) is 15.8. The molecule has 0 heterocycles. The van der Waals surface area contributed by atoms with Gasteiger partial charge in [-0.1, -0.05) is 38.0 Å². The molecule has 1 saturated carbocycles. The van der Waals surface area contributed by atoms with Crippen LogP contribution in [0.3, 0.4) is 0 Å². The van der Waals surface area contributed by atoms with E-state index in [2.05, 4.69) is 37.2 Å². The quantitative estimate of drug-likeness (QED) is 0.463. The average molecular weight is 300 g/mol. The molecule has 0 atom stereocenters. The first-order chi connectivity index (χ1) is 9.81. The molecule has 0 N–H and O–H groups in total. The number of esters is 1. The lowest BCUT2D eigenvalue weighted by Gasteiger charge is -2.27. The number of ether oxygens (including phenoxy) is 1. The lowest BCUT2D eigenvalue weighted by atomic mass is 9.77. The number of hydrogen-bond acceptors (Lipinski definition) is 2. The lowest BCUT2D eigenvalue weighted by Crippen LogP contribution is -2.17. The number of aryl methyl sites for hydroxylation is 1. The molecule has 0 spiro atoms. The minimum absolute atomic E-state index is 0.274. The van der Waals surface area contributed by atoms with E-state index >= 15 is 0 Å². The largest absolute Gasteiger partial charge is 0.465 e. The van der Waals surface area contributed by atoms with Crippen LogP contribution in [0.5, 0.6) is 0 Å². The Balaban J connectivity index is 2.51. The molecular formula is C18H24O2Si. The van der Waals surface area contributed by atoms with Crippen LogP contribution in [0.4, 0.5) is 0 Å². The Morgan fingerprint density at radius 1 is 1.29 bits per heavy atom. The molecule has 1 aromatic carbocycles. The van der Waals surface area contributed by atoms with Crippen molar-refractivity contribution in [1.29, 1.82) is 0 Å². The van der Waals surface area contributed by atoms with Crippen LogP contribution in [0.2, 0.25) is 19.6 Å². The van der Waals surface area contributed by atoms with Crippen LogP contribution in [-0.4, -0.2) is 21.2 Å². The Morgan fingerprint density at radius 3 is 2.43 bits per heavy atom. The highest BCUT2D eigenvalue weighted by molar-refractivity contribution is 6.83. The number of carbonyl (C=O) groups is 1. The summed E-state index contributed by atoms with van der Waals surface area (Å²) in [7, 11) is -0.00802. The summed E-state index contributed by atoms with van der Waals surface area (Å²) >= 11 is 0. The third-order valence-electron chi connectivity index (χ3n) is 3.92. The normalized spacial score (nSPS) is 14.9. The molecule has 1 aliphatic rings. The Morgan fingerprint density at radius 2 is 1.95 bits per heavy atom. The van der Waals surface area contributed by atoms with Crippen molar-refractivity contribution in [2.75, 3.05) is 7.11 Å². The van der Waals surface area contributed by atoms with Crippen LogP contribution in [-0.2, 0) is 4.74 Å². The third-order valence-corrected chi connectivity index (χ3v) is 4.79. The van der Waals surface area contributed by atoms with Gasteiger partial charge in [0.1, 0.15) is 8.07 Å². The molecule has 0 bridgehead atoms. The Hall–Kier alpha value is -1.53. The highest BCUT2D eigenvalue weighted by Crippen LogP contribution is 2.38. The van der Waals surface area contributed by atoms with Gasteiger partial charge in [-0.15, -0.1) is 5.54 Å². The van der Waals surface area contributed by atoms with E-state index in [4.69, 9.17) is 4.74 Å². The summed E-state index contributed by atoms with van der Waals surface area (Å²) in [6.45, 7) is 8.68. The summed E-state index contributed by atoms with van der Waals surface area (Å²) in [5.41, 5.74) is 7.39. The third kappa shape index (κ3) is 3.77. The molecule has 0 aromatic heterocycles. The van der Waals surface area contributed by atoms with Crippen molar-refractivity contribution in [1.82, 2.24) is 0 Å². The van der Waals surface area contributed by atoms with E-state index in [0.29, 0.717) is 11.5 Å². The first-order valence-electron chi connectivity index (χ1n) is 7.58. The Bertz CT molecular complexity index is 611. The highest BCUT2D eigenvalue weighted by atomic mass is 28.3. The van der Waals surface area contributed by atoms with Gasteiger partial charge < -0.3 is 4.74 Å². The predicted octanol–water partition coefficient (Wildman–Crippen LogP) is 4.28. The van der Waals surface area contributed by atoms with Crippen molar-refractivity contribution in [3.05, 3.63) is 34.4 Å². The van der Waals surface area contributed by atoms with E-state index in [1.54, 1.807) is 0 Å². The molecule has 0 amide bonds. The number of methoxy groups -OCH3 is 1. The number of rotatable bonds is 2.